The smallest absolute Gasteiger partial charge is 0.322 e. The summed E-state index contributed by atoms with van der Waals surface area (Å²) in [5.41, 5.74) is 2.49. The summed E-state index contributed by atoms with van der Waals surface area (Å²) in [4.78, 5) is 26.6. The third kappa shape index (κ3) is 3.51. The first-order chi connectivity index (χ1) is 11.5. The summed E-state index contributed by atoms with van der Waals surface area (Å²) in [6.45, 7) is 2.85. The number of hydrogen-bond donors (Lipinski definition) is 2. The van der Waals surface area contributed by atoms with Gasteiger partial charge < -0.3 is 15.5 Å². The molecule has 0 aliphatic carbocycles. The van der Waals surface area contributed by atoms with E-state index in [-0.39, 0.29) is 11.9 Å². The van der Waals surface area contributed by atoms with Crippen LogP contribution in [0.4, 0.5) is 10.5 Å². The maximum atomic E-state index is 12.7. The quantitative estimate of drug-likeness (QED) is 0.878. The van der Waals surface area contributed by atoms with Gasteiger partial charge in [0.15, 0.2) is 0 Å². The fourth-order valence-corrected chi connectivity index (χ4v) is 2.91. The Hall–Kier alpha value is -2.53. The van der Waals surface area contributed by atoms with E-state index in [0.717, 1.165) is 11.1 Å². The third-order valence-electron chi connectivity index (χ3n) is 3.93. The molecule has 1 unspecified atom stereocenters. The minimum atomic E-state index is -0.633. The van der Waals surface area contributed by atoms with Gasteiger partial charge in [-0.15, -0.1) is 0 Å². The Kier molecular flexibility index (Phi) is 4.71. The summed E-state index contributed by atoms with van der Waals surface area (Å²) in [5, 5.41) is 6.25. The number of halogens is 1. The van der Waals surface area contributed by atoms with Crippen LogP contribution in [0.2, 0.25) is 5.02 Å². The van der Waals surface area contributed by atoms with Crippen molar-refractivity contribution in [2.45, 2.75) is 13.0 Å². The highest BCUT2D eigenvalue weighted by atomic mass is 35.5. The lowest BCUT2D eigenvalue weighted by atomic mass is 10.0. The predicted molar refractivity (Wildman–Crippen MR) is 94.1 cm³/mol. The second-order valence-electron chi connectivity index (χ2n) is 5.74. The topological polar surface area (TPSA) is 61.4 Å². The molecule has 1 fully saturated rings. The fourth-order valence-electron chi connectivity index (χ4n) is 2.79. The van der Waals surface area contributed by atoms with Crippen molar-refractivity contribution in [2.75, 3.05) is 18.4 Å². The van der Waals surface area contributed by atoms with Gasteiger partial charge in [0.25, 0.3) is 0 Å². The molecule has 1 saturated heterocycles. The van der Waals surface area contributed by atoms with Gasteiger partial charge in [0, 0.05) is 23.8 Å². The Bertz CT molecular complexity index is 761. The largest absolute Gasteiger partial charge is 0.352 e. The summed E-state index contributed by atoms with van der Waals surface area (Å²) in [6, 6.07) is 13.6. The normalized spacial score (nSPS) is 17.3. The molecule has 1 aliphatic rings. The molecule has 124 valence electrons. The van der Waals surface area contributed by atoms with Gasteiger partial charge in [-0.25, -0.2) is 4.79 Å². The zero-order chi connectivity index (χ0) is 17.1. The van der Waals surface area contributed by atoms with E-state index >= 15 is 0 Å². The number of nitrogens with zero attached hydrogens (tertiary/aromatic N) is 1. The van der Waals surface area contributed by atoms with Gasteiger partial charge in [-0.05, 0) is 36.8 Å². The van der Waals surface area contributed by atoms with Crippen LogP contribution in [-0.2, 0) is 4.79 Å². The van der Waals surface area contributed by atoms with Crippen LogP contribution >= 0.6 is 11.6 Å². The van der Waals surface area contributed by atoms with Gasteiger partial charge in [-0.1, -0.05) is 41.4 Å². The van der Waals surface area contributed by atoms with Crippen molar-refractivity contribution >= 4 is 29.2 Å². The predicted octanol–water partition coefficient (Wildman–Crippen LogP) is 3.35. The molecule has 2 aromatic carbocycles. The van der Waals surface area contributed by atoms with Gasteiger partial charge >= 0.3 is 6.03 Å². The highest BCUT2D eigenvalue weighted by Crippen LogP contribution is 2.25. The van der Waals surface area contributed by atoms with Crippen LogP contribution in [0.5, 0.6) is 0 Å². The first kappa shape index (κ1) is 16.3. The van der Waals surface area contributed by atoms with E-state index in [2.05, 4.69) is 10.6 Å². The molecule has 5 nitrogen and oxygen atoms in total. The van der Waals surface area contributed by atoms with Gasteiger partial charge in [-0.3, -0.25) is 4.79 Å². The number of hydrogen-bond acceptors (Lipinski definition) is 2. The molecule has 3 amide bonds. The summed E-state index contributed by atoms with van der Waals surface area (Å²) in [7, 11) is 0. The van der Waals surface area contributed by atoms with Gasteiger partial charge in [0.1, 0.15) is 6.04 Å². The molecule has 0 spiro atoms. The van der Waals surface area contributed by atoms with Crippen molar-refractivity contribution in [1.29, 1.82) is 0 Å². The third-order valence-corrected chi connectivity index (χ3v) is 4.18. The molecular formula is C18H18ClN3O2. The summed E-state index contributed by atoms with van der Waals surface area (Å²) >= 11 is 5.86. The first-order valence-corrected chi connectivity index (χ1v) is 8.10. The highest BCUT2D eigenvalue weighted by Gasteiger charge is 2.34. The molecule has 2 N–H and O–H groups in total. The molecule has 3 rings (SSSR count). The van der Waals surface area contributed by atoms with Crippen LogP contribution in [0, 0.1) is 6.92 Å². The fraction of sp³-hybridized carbons (Fsp3) is 0.222. The number of rotatable bonds is 2. The highest BCUT2D eigenvalue weighted by molar-refractivity contribution is 6.30. The molecule has 0 radical (unpaired) electrons. The Morgan fingerprint density at radius 1 is 1.25 bits per heavy atom. The van der Waals surface area contributed by atoms with Crippen LogP contribution in [0.15, 0.2) is 48.5 Å². The van der Waals surface area contributed by atoms with E-state index < -0.39 is 6.04 Å². The van der Waals surface area contributed by atoms with Gasteiger partial charge in [0.05, 0.1) is 0 Å². The van der Waals surface area contributed by atoms with E-state index in [1.54, 1.807) is 29.2 Å². The molecular weight excluding hydrogens is 326 g/mol. The molecule has 6 heteroatoms. The Balaban J connectivity index is 1.84. The molecule has 0 aromatic heterocycles. The summed E-state index contributed by atoms with van der Waals surface area (Å²) in [6.07, 6.45) is 0. The SMILES string of the molecule is Cc1cccc(C2C(=O)NCCN2C(=O)Nc2ccc(Cl)cc2)c1. The van der Waals surface area contributed by atoms with Crippen molar-refractivity contribution in [3.63, 3.8) is 0 Å². The standard InChI is InChI=1S/C18H18ClN3O2/c1-12-3-2-4-13(11-12)16-17(23)20-9-10-22(16)18(24)21-15-7-5-14(19)6-8-15/h2-8,11,16H,9-10H2,1H3,(H,20,23)(H,21,24). The number of piperazine rings is 1. The summed E-state index contributed by atoms with van der Waals surface area (Å²) < 4.78 is 0. The molecule has 1 aliphatic heterocycles. The zero-order valence-corrected chi connectivity index (χ0v) is 14.0. The van der Waals surface area contributed by atoms with E-state index in [0.29, 0.717) is 23.8 Å². The zero-order valence-electron chi connectivity index (χ0n) is 13.3. The maximum absolute atomic E-state index is 12.7. The lowest BCUT2D eigenvalue weighted by Gasteiger charge is -2.35. The van der Waals surface area contributed by atoms with Crippen molar-refractivity contribution < 1.29 is 9.59 Å². The maximum Gasteiger partial charge on any atom is 0.322 e. The van der Waals surface area contributed by atoms with E-state index in [1.807, 2.05) is 31.2 Å². The number of urea groups is 1. The molecule has 0 saturated carbocycles. The molecule has 0 bridgehead atoms. The first-order valence-electron chi connectivity index (χ1n) is 7.72. The van der Waals surface area contributed by atoms with Crippen molar-refractivity contribution in [3.8, 4) is 0 Å². The lowest BCUT2D eigenvalue weighted by Crippen LogP contribution is -2.53. The van der Waals surface area contributed by atoms with Gasteiger partial charge in [0.2, 0.25) is 5.91 Å². The van der Waals surface area contributed by atoms with Crippen LogP contribution in [0.3, 0.4) is 0 Å². The number of benzene rings is 2. The van der Waals surface area contributed by atoms with Gasteiger partial charge in [-0.2, -0.15) is 0 Å². The second kappa shape index (κ2) is 6.93. The number of anilines is 1. The molecule has 2 aromatic rings. The second-order valence-corrected chi connectivity index (χ2v) is 6.17. The molecule has 1 heterocycles. The average Bonchev–Trinajstić information content (AvgIpc) is 2.56. The molecule has 24 heavy (non-hydrogen) atoms. The van der Waals surface area contributed by atoms with E-state index in [1.165, 1.54) is 0 Å². The van der Waals surface area contributed by atoms with E-state index in [9.17, 15) is 9.59 Å². The number of nitrogens with one attached hydrogen (secondary N) is 2. The average molecular weight is 344 g/mol. The monoisotopic (exact) mass is 343 g/mol. The van der Waals surface area contributed by atoms with Crippen LogP contribution in [0.1, 0.15) is 17.2 Å². The Morgan fingerprint density at radius 3 is 2.71 bits per heavy atom. The van der Waals surface area contributed by atoms with Crippen LogP contribution in [-0.4, -0.2) is 29.9 Å². The van der Waals surface area contributed by atoms with Crippen molar-refractivity contribution in [3.05, 3.63) is 64.7 Å². The van der Waals surface area contributed by atoms with Crippen molar-refractivity contribution in [2.24, 2.45) is 0 Å². The number of carbonyl (C=O) groups is 2. The Labute approximate surface area is 145 Å². The van der Waals surface area contributed by atoms with Crippen LogP contribution < -0.4 is 10.6 Å². The number of amides is 3. The van der Waals surface area contributed by atoms with Crippen LogP contribution in [0.25, 0.3) is 0 Å². The number of aryl methyl sites for hydroxylation is 1. The lowest BCUT2D eigenvalue weighted by molar-refractivity contribution is -0.127. The molecule has 1 atom stereocenters. The summed E-state index contributed by atoms with van der Waals surface area (Å²) in [5.74, 6) is -0.168. The number of carbonyl (C=O) groups excluding carboxylic acids is 2. The van der Waals surface area contributed by atoms with E-state index in [4.69, 9.17) is 11.6 Å². The minimum absolute atomic E-state index is 0.168. The minimum Gasteiger partial charge on any atom is -0.352 e. The Morgan fingerprint density at radius 2 is 2.00 bits per heavy atom. The van der Waals surface area contributed by atoms with Crippen molar-refractivity contribution in [1.82, 2.24) is 10.2 Å².